The summed E-state index contributed by atoms with van der Waals surface area (Å²) in [5.41, 5.74) is 0.507. The van der Waals surface area contributed by atoms with Gasteiger partial charge in [0, 0.05) is 6.04 Å². The molecule has 0 aliphatic carbocycles. The van der Waals surface area contributed by atoms with Gasteiger partial charge in [-0.15, -0.1) is 13.2 Å². The number of benzene rings is 1. The molecule has 2 rings (SSSR count). The molecule has 0 saturated carbocycles. The smallest absolute Gasteiger partial charge is 0.406 e. The zero-order valence-electron chi connectivity index (χ0n) is 11.4. The number of nitrogens with one attached hydrogen (secondary N) is 1. The number of amides is 1. The fourth-order valence-electron chi connectivity index (χ4n) is 2.18. The average Bonchev–Trinajstić information content (AvgIpc) is 2.69. The minimum Gasteiger partial charge on any atom is -0.406 e. The van der Waals surface area contributed by atoms with Gasteiger partial charge >= 0.3 is 6.36 Å². The van der Waals surface area contributed by atoms with Crippen LogP contribution in [0.5, 0.6) is 5.75 Å². The van der Waals surface area contributed by atoms with Crippen LogP contribution in [0.3, 0.4) is 0 Å². The highest BCUT2D eigenvalue weighted by Crippen LogP contribution is 2.22. The second kappa shape index (κ2) is 6.15. The minimum atomic E-state index is -4.76. The van der Waals surface area contributed by atoms with Gasteiger partial charge in [0.25, 0.3) is 0 Å². The molecular formula is C13H14F3NO4S. The summed E-state index contributed by atoms with van der Waals surface area (Å²) in [4.78, 5) is 11.8. The molecule has 5 nitrogen and oxygen atoms in total. The molecule has 1 aromatic rings. The summed E-state index contributed by atoms with van der Waals surface area (Å²) in [5, 5.41) is 2.61. The van der Waals surface area contributed by atoms with E-state index in [1.165, 1.54) is 12.1 Å². The van der Waals surface area contributed by atoms with E-state index in [9.17, 15) is 26.4 Å². The summed E-state index contributed by atoms with van der Waals surface area (Å²) in [7, 11) is -3.07. The number of halogens is 3. The maximum Gasteiger partial charge on any atom is 0.573 e. The van der Waals surface area contributed by atoms with Crippen LogP contribution in [0.25, 0.3) is 0 Å². The number of carbonyl (C=O) groups excluding carboxylic acids is 1. The van der Waals surface area contributed by atoms with Crippen molar-refractivity contribution in [2.24, 2.45) is 0 Å². The second-order valence-corrected chi connectivity index (χ2v) is 7.26. The van der Waals surface area contributed by atoms with Crippen LogP contribution in [0.1, 0.15) is 12.0 Å². The molecule has 0 bridgehead atoms. The molecule has 1 aliphatic rings. The molecular weight excluding hydrogens is 323 g/mol. The van der Waals surface area contributed by atoms with E-state index in [4.69, 9.17) is 0 Å². The highest BCUT2D eigenvalue weighted by Gasteiger charge is 2.31. The van der Waals surface area contributed by atoms with Gasteiger partial charge in [-0.1, -0.05) is 12.1 Å². The second-order valence-electron chi connectivity index (χ2n) is 5.04. The Morgan fingerprint density at radius 1 is 1.27 bits per heavy atom. The van der Waals surface area contributed by atoms with Crippen LogP contribution >= 0.6 is 0 Å². The molecule has 1 aromatic carbocycles. The van der Waals surface area contributed by atoms with Crippen molar-refractivity contribution in [1.29, 1.82) is 0 Å². The van der Waals surface area contributed by atoms with Crippen molar-refractivity contribution in [2.45, 2.75) is 25.2 Å². The van der Waals surface area contributed by atoms with Gasteiger partial charge in [-0.25, -0.2) is 8.42 Å². The molecule has 1 atom stereocenters. The number of carbonyl (C=O) groups is 1. The van der Waals surface area contributed by atoms with E-state index in [-0.39, 0.29) is 29.6 Å². The van der Waals surface area contributed by atoms with Crippen molar-refractivity contribution in [3.63, 3.8) is 0 Å². The maximum absolute atomic E-state index is 12.0. The zero-order valence-corrected chi connectivity index (χ0v) is 12.2. The number of hydrogen-bond donors (Lipinski definition) is 1. The molecule has 1 aliphatic heterocycles. The Labute approximate surface area is 125 Å². The number of ether oxygens (including phenoxy) is 1. The normalized spacial score (nSPS) is 20.6. The van der Waals surface area contributed by atoms with Gasteiger partial charge < -0.3 is 10.1 Å². The molecule has 22 heavy (non-hydrogen) atoms. The Morgan fingerprint density at radius 3 is 2.41 bits per heavy atom. The number of sulfone groups is 1. The third kappa shape index (κ3) is 5.21. The van der Waals surface area contributed by atoms with Crippen LogP contribution < -0.4 is 10.1 Å². The molecule has 0 aromatic heterocycles. The molecule has 0 unspecified atom stereocenters. The number of alkyl halides is 3. The standard InChI is InChI=1S/C13H14F3NO4S/c14-13(15,16)21-11-3-1-9(2-4-11)7-12(18)17-10-5-6-22(19,20)8-10/h1-4,10H,5-8H2,(H,17,18)/t10-/m1/s1. The Balaban J connectivity index is 1.87. The summed E-state index contributed by atoms with van der Waals surface area (Å²) in [6.45, 7) is 0. The highest BCUT2D eigenvalue weighted by molar-refractivity contribution is 7.91. The first-order chi connectivity index (χ1) is 10.1. The van der Waals surface area contributed by atoms with E-state index in [0.29, 0.717) is 12.0 Å². The monoisotopic (exact) mass is 337 g/mol. The van der Waals surface area contributed by atoms with E-state index in [1.807, 2.05) is 0 Å². The van der Waals surface area contributed by atoms with Gasteiger partial charge in [0.05, 0.1) is 17.9 Å². The molecule has 122 valence electrons. The lowest BCUT2D eigenvalue weighted by atomic mass is 10.1. The predicted molar refractivity (Wildman–Crippen MR) is 72.0 cm³/mol. The Kier molecular flexibility index (Phi) is 4.64. The van der Waals surface area contributed by atoms with Crippen molar-refractivity contribution in [2.75, 3.05) is 11.5 Å². The third-order valence-electron chi connectivity index (χ3n) is 3.12. The van der Waals surface area contributed by atoms with Crippen molar-refractivity contribution in [3.05, 3.63) is 29.8 Å². The first-order valence-corrected chi connectivity index (χ1v) is 8.30. The molecule has 1 saturated heterocycles. The summed E-state index contributed by atoms with van der Waals surface area (Å²) in [6, 6.07) is 4.55. The first-order valence-electron chi connectivity index (χ1n) is 6.47. The number of rotatable bonds is 4. The molecule has 1 fully saturated rings. The van der Waals surface area contributed by atoms with Gasteiger partial charge in [0.15, 0.2) is 9.84 Å². The van der Waals surface area contributed by atoms with E-state index >= 15 is 0 Å². The molecule has 1 heterocycles. The van der Waals surface area contributed by atoms with Crippen molar-refractivity contribution >= 4 is 15.7 Å². The lowest BCUT2D eigenvalue weighted by Crippen LogP contribution is -2.36. The van der Waals surface area contributed by atoms with Crippen molar-refractivity contribution < 1.29 is 31.1 Å². The van der Waals surface area contributed by atoms with E-state index < -0.39 is 22.2 Å². The SMILES string of the molecule is O=C(Cc1ccc(OC(F)(F)F)cc1)N[C@@H]1CCS(=O)(=O)C1. The summed E-state index contributed by atoms with van der Waals surface area (Å²) >= 11 is 0. The van der Waals surface area contributed by atoms with Crippen molar-refractivity contribution in [1.82, 2.24) is 5.32 Å². The molecule has 9 heteroatoms. The quantitative estimate of drug-likeness (QED) is 0.902. The lowest BCUT2D eigenvalue weighted by Gasteiger charge is -2.11. The van der Waals surface area contributed by atoms with Crippen LogP contribution in [0.2, 0.25) is 0 Å². The van der Waals surface area contributed by atoms with E-state index in [0.717, 1.165) is 12.1 Å². The van der Waals surface area contributed by atoms with Crippen LogP contribution in [-0.2, 0) is 21.1 Å². The van der Waals surface area contributed by atoms with Gasteiger partial charge in [0.2, 0.25) is 5.91 Å². The first kappa shape index (κ1) is 16.6. The van der Waals surface area contributed by atoms with Crippen LogP contribution in [-0.4, -0.2) is 38.2 Å². The Morgan fingerprint density at radius 2 is 1.91 bits per heavy atom. The largest absolute Gasteiger partial charge is 0.573 e. The molecule has 0 radical (unpaired) electrons. The molecule has 1 amide bonds. The third-order valence-corrected chi connectivity index (χ3v) is 4.89. The lowest BCUT2D eigenvalue weighted by molar-refractivity contribution is -0.274. The summed E-state index contributed by atoms with van der Waals surface area (Å²) in [5.74, 6) is -0.747. The van der Waals surface area contributed by atoms with Gasteiger partial charge in [-0.3, -0.25) is 4.79 Å². The maximum atomic E-state index is 12.0. The van der Waals surface area contributed by atoms with Gasteiger partial charge in [0.1, 0.15) is 5.75 Å². The topological polar surface area (TPSA) is 72.5 Å². The fourth-order valence-corrected chi connectivity index (χ4v) is 3.86. The van der Waals surface area contributed by atoms with Crippen LogP contribution in [0.15, 0.2) is 24.3 Å². The minimum absolute atomic E-state index is 0.0388. The van der Waals surface area contributed by atoms with Gasteiger partial charge in [-0.05, 0) is 24.1 Å². The summed E-state index contributed by atoms with van der Waals surface area (Å²) in [6.07, 6.45) is -4.41. The Bertz CT molecular complexity index is 640. The molecule has 1 N–H and O–H groups in total. The van der Waals surface area contributed by atoms with E-state index in [1.54, 1.807) is 0 Å². The van der Waals surface area contributed by atoms with Gasteiger partial charge in [-0.2, -0.15) is 0 Å². The fraction of sp³-hybridized carbons (Fsp3) is 0.462. The van der Waals surface area contributed by atoms with Crippen LogP contribution in [0.4, 0.5) is 13.2 Å². The Hall–Kier alpha value is -1.77. The predicted octanol–water partition coefficient (Wildman–Crippen LogP) is 1.43. The summed E-state index contributed by atoms with van der Waals surface area (Å²) < 4.78 is 62.3. The zero-order chi connectivity index (χ0) is 16.4. The average molecular weight is 337 g/mol. The van der Waals surface area contributed by atoms with E-state index in [2.05, 4.69) is 10.1 Å². The highest BCUT2D eigenvalue weighted by atomic mass is 32.2. The van der Waals surface area contributed by atoms with Crippen molar-refractivity contribution in [3.8, 4) is 5.75 Å². The van der Waals surface area contributed by atoms with Crippen LogP contribution in [0, 0.1) is 0 Å². The molecule has 0 spiro atoms. The number of hydrogen-bond acceptors (Lipinski definition) is 4.